The van der Waals surface area contributed by atoms with Crippen molar-refractivity contribution in [2.75, 3.05) is 0 Å². The number of hydrogen-bond acceptors (Lipinski definition) is 4. The highest BCUT2D eigenvalue weighted by atomic mass is 16.4. The van der Waals surface area contributed by atoms with Crippen LogP contribution in [0.5, 0.6) is 0 Å². The van der Waals surface area contributed by atoms with Gasteiger partial charge in [0.1, 0.15) is 0 Å². The molecule has 0 aromatic carbocycles. The lowest BCUT2D eigenvalue weighted by atomic mass is 10.2. The molecule has 0 aliphatic heterocycles. The van der Waals surface area contributed by atoms with Gasteiger partial charge < -0.3 is 10.2 Å². The number of aliphatic hydroxyl groups excluding tert-OH is 2. The van der Waals surface area contributed by atoms with E-state index in [1.165, 1.54) is 0 Å². The minimum Gasteiger partial charge on any atom is -0.381 e. The van der Waals surface area contributed by atoms with E-state index in [0.29, 0.717) is 0 Å². The molecule has 5 heteroatoms. The first-order chi connectivity index (χ1) is 4.09. The van der Waals surface area contributed by atoms with E-state index in [-0.39, 0.29) is 0 Å². The average Bonchev–Trinajstić information content (AvgIpc) is 1.84. The Kier molecular flexibility index (Phi) is 2.83. The van der Waals surface area contributed by atoms with Crippen LogP contribution in [-0.2, 0) is 14.7 Å². The number of carbonyl (C=O) groups is 1. The standard InChI is InChI=1S/C4H4O5/c5-1-2(6)3(7)4(8)9/h2-3,6-7H. The molecule has 2 radical (unpaired) electrons. The Morgan fingerprint density at radius 1 is 1.44 bits per heavy atom. The van der Waals surface area contributed by atoms with Gasteiger partial charge in [0, 0.05) is 0 Å². The van der Waals surface area contributed by atoms with Crippen molar-refractivity contribution >= 4 is 12.3 Å². The van der Waals surface area contributed by atoms with Crippen LogP contribution in [0.3, 0.4) is 0 Å². The molecular weight excluding hydrogens is 128 g/mol. The van der Waals surface area contributed by atoms with E-state index in [0.717, 1.165) is 6.29 Å². The Hall–Kier alpha value is -0.940. The van der Waals surface area contributed by atoms with E-state index in [9.17, 15) is 14.7 Å². The van der Waals surface area contributed by atoms with Crippen LogP contribution >= 0.6 is 0 Å². The quantitative estimate of drug-likeness (QED) is 0.454. The lowest BCUT2D eigenvalue weighted by Crippen LogP contribution is -2.33. The Morgan fingerprint density at radius 3 is 2.00 bits per heavy atom. The van der Waals surface area contributed by atoms with E-state index < -0.39 is 18.2 Å². The van der Waals surface area contributed by atoms with Gasteiger partial charge in [-0.15, -0.1) is 0 Å². The van der Waals surface area contributed by atoms with Crippen LogP contribution in [-0.4, -0.2) is 34.7 Å². The largest absolute Gasteiger partial charge is 0.386 e. The molecule has 0 heterocycles. The molecule has 0 amide bonds. The average molecular weight is 132 g/mol. The molecule has 0 fully saturated rings. The van der Waals surface area contributed by atoms with Gasteiger partial charge in [-0.05, 0) is 0 Å². The fourth-order valence-electron chi connectivity index (χ4n) is 0.193. The van der Waals surface area contributed by atoms with Crippen LogP contribution in [0.2, 0.25) is 0 Å². The molecule has 50 valence electrons. The zero-order chi connectivity index (χ0) is 7.44. The van der Waals surface area contributed by atoms with E-state index in [2.05, 4.69) is 0 Å². The van der Waals surface area contributed by atoms with Crippen molar-refractivity contribution in [3.05, 3.63) is 0 Å². The van der Waals surface area contributed by atoms with Gasteiger partial charge in [0.25, 0.3) is 0 Å². The van der Waals surface area contributed by atoms with E-state index in [1.807, 2.05) is 0 Å². The van der Waals surface area contributed by atoms with Crippen LogP contribution in [0, 0.1) is 0 Å². The molecular formula is C4H4O5. The van der Waals surface area contributed by atoms with Crippen LogP contribution in [0.15, 0.2) is 0 Å². The molecule has 2 N–H and O–H groups in total. The van der Waals surface area contributed by atoms with Crippen molar-refractivity contribution in [1.82, 2.24) is 0 Å². The second-order valence-corrected chi connectivity index (χ2v) is 1.33. The maximum Gasteiger partial charge on any atom is 0.386 e. The summed E-state index contributed by atoms with van der Waals surface area (Å²) in [5, 5.41) is 26.0. The van der Waals surface area contributed by atoms with Crippen molar-refractivity contribution in [1.29, 1.82) is 0 Å². The minimum atomic E-state index is -2.18. The maximum atomic E-state index is 9.60. The number of aliphatic hydroxyl groups is 2. The van der Waals surface area contributed by atoms with Crippen LogP contribution in [0.1, 0.15) is 0 Å². The predicted octanol–water partition coefficient (Wildman–Crippen LogP) is -2.23. The summed E-state index contributed by atoms with van der Waals surface area (Å²) in [6, 6.07) is 0. The Bertz CT molecular complexity index is 120. The molecule has 0 aromatic heterocycles. The summed E-state index contributed by atoms with van der Waals surface area (Å²) in [7, 11) is 0. The molecule has 9 heavy (non-hydrogen) atoms. The summed E-state index contributed by atoms with van der Waals surface area (Å²) in [6.07, 6.45) is -3.32. The third-order valence-corrected chi connectivity index (χ3v) is 0.661. The first-order valence-corrected chi connectivity index (χ1v) is 2.04. The molecule has 0 aliphatic carbocycles. The third-order valence-electron chi connectivity index (χ3n) is 0.661. The van der Waals surface area contributed by atoms with Gasteiger partial charge >= 0.3 is 5.97 Å². The molecule has 5 nitrogen and oxygen atoms in total. The smallest absolute Gasteiger partial charge is 0.381 e. The van der Waals surface area contributed by atoms with Gasteiger partial charge in [-0.2, -0.15) is 0 Å². The SMILES string of the molecule is [O]C(=O)C(O)C(O)[C]=O. The molecule has 0 bridgehead atoms. The van der Waals surface area contributed by atoms with Crippen molar-refractivity contribution in [2.45, 2.75) is 12.2 Å². The maximum absolute atomic E-state index is 9.60. The fraction of sp³-hybridized carbons (Fsp3) is 0.500. The lowest BCUT2D eigenvalue weighted by Gasteiger charge is -2.01. The van der Waals surface area contributed by atoms with Gasteiger partial charge in [0.15, 0.2) is 12.2 Å². The van der Waals surface area contributed by atoms with Gasteiger partial charge in [-0.1, -0.05) is 0 Å². The molecule has 0 saturated heterocycles. The van der Waals surface area contributed by atoms with Gasteiger partial charge in [-0.25, -0.2) is 9.90 Å². The van der Waals surface area contributed by atoms with Gasteiger partial charge in [-0.3, -0.25) is 4.79 Å². The predicted molar refractivity (Wildman–Crippen MR) is 23.4 cm³/mol. The van der Waals surface area contributed by atoms with Crippen LogP contribution in [0.25, 0.3) is 0 Å². The van der Waals surface area contributed by atoms with Crippen molar-refractivity contribution in [3.63, 3.8) is 0 Å². The number of hydrogen-bond donors (Lipinski definition) is 2. The first-order valence-electron chi connectivity index (χ1n) is 2.04. The molecule has 0 saturated carbocycles. The first kappa shape index (κ1) is 8.06. The summed E-state index contributed by atoms with van der Waals surface area (Å²) in [4.78, 5) is 19.0. The molecule has 0 aromatic rings. The van der Waals surface area contributed by atoms with Crippen molar-refractivity contribution < 1.29 is 24.9 Å². The molecule has 2 atom stereocenters. The number of rotatable bonds is 3. The Balaban J connectivity index is 3.86. The summed E-state index contributed by atoms with van der Waals surface area (Å²) in [5.41, 5.74) is 0. The van der Waals surface area contributed by atoms with Gasteiger partial charge in [0.2, 0.25) is 6.29 Å². The summed E-state index contributed by atoms with van der Waals surface area (Å²) in [6.45, 7) is 0. The van der Waals surface area contributed by atoms with Crippen LogP contribution in [0.4, 0.5) is 0 Å². The molecule has 0 rings (SSSR count). The highest BCUT2D eigenvalue weighted by Crippen LogP contribution is 1.88. The third kappa shape index (κ3) is 2.20. The van der Waals surface area contributed by atoms with Gasteiger partial charge in [0.05, 0.1) is 0 Å². The molecule has 2 unspecified atom stereocenters. The highest BCUT2D eigenvalue weighted by Gasteiger charge is 2.24. The zero-order valence-corrected chi connectivity index (χ0v) is 4.27. The second-order valence-electron chi connectivity index (χ2n) is 1.33. The zero-order valence-electron chi connectivity index (χ0n) is 4.27. The second kappa shape index (κ2) is 3.16. The van der Waals surface area contributed by atoms with E-state index >= 15 is 0 Å². The normalized spacial score (nSPS) is 16.2. The Labute approximate surface area is 50.5 Å². The molecule has 0 spiro atoms. The topological polar surface area (TPSA) is 94.5 Å². The minimum absolute atomic E-state index is 0.881. The molecule has 0 aliphatic rings. The Morgan fingerprint density at radius 2 is 1.89 bits per heavy atom. The van der Waals surface area contributed by atoms with Crippen molar-refractivity contribution in [3.8, 4) is 0 Å². The summed E-state index contributed by atoms with van der Waals surface area (Å²) in [5.74, 6) is -1.90. The highest BCUT2D eigenvalue weighted by molar-refractivity contribution is 5.77. The number of carbonyl (C=O) groups excluding carboxylic acids is 2. The monoisotopic (exact) mass is 132 g/mol. The van der Waals surface area contributed by atoms with Crippen LogP contribution < -0.4 is 0 Å². The lowest BCUT2D eigenvalue weighted by molar-refractivity contribution is -0.156. The van der Waals surface area contributed by atoms with E-state index in [4.69, 9.17) is 10.2 Å². The van der Waals surface area contributed by atoms with E-state index in [1.54, 1.807) is 0 Å². The fourth-order valence-corrected chi connectivity index (χ4v) is 0.193. The summed E-state index contributed by atoms with van der Waals surface area (Å²) >= 11 is 0. The summed E-state index contributed by atoms with van der Waals surface area (Å²) < 4.78 is 0. The van der Waals surface area contributed by atoms with Crippen molar-refractivity contribution in [2.24, 2.45) is 0 Å².